The first-order valence-electron chi connectivity index (χ1n) is 7.63. The average Bonchev–Trinajstić information content (AvgIpc) is 2.97. The molecule has 114 valence electrons. The number of amides is 1. The largest absolute Gasteiger partial charge is 0.382 e. The van der Waals surface area contributed by atoms with Crippen molar-refractivity contribution < 1.29 is 4.79 Å². The van der Waals surface area contributed by atoms with Crippen molar-refractivity contribution in [2.45, 2.75) is 18.9 Å². The fourth-order valence-corrected chi connectivity index (χ4v) is 3.11. The quantitative estimate of drug-likeness (QED) is 0.762. The van der Waals surface area contributed by atoms with Crippen molar-refractivity contribution >= 4 is 22.8 Å². The Morgan fingerprint density at radius 2 is 1.74 bits per heavy atom. The number of para-hydroxylation sites is 2. The van der Waals surface area contributed by atoms with Gasteiger partial charge in [0.1, 0.15) is 0 Å². The normalized spacial score (nSPS) is 16.3. The molecule has 5 nitrogen and oxygen atoms in total. The van der Waals surface area contributed by atoms with Crippen molar-refractivity contribution in [2.24, 2.45) is 0 Å². The highest BCUT2D eigenvalue weighted by Gasteiger charge is 2.25. The van der Waals surface area contributed by atoms with Gasteiger partial charge in [0.2, 0.25) is 0 Å². The number of rotatable bonds is 2. The molecule has 1 unspecified atom stereocenters. The van der Waals surface area contributed by atoms with E-state index in [0.29, 0.717) is 11.0 Å². The lowest BCUT2D eigenvalue weighted by Crippen LogP contribution is -2.29. The van der Waals surface area contributed by atoms with Gasteiger partial charge in [0.05, 0.1) is 17.1 Å². The van der Waals surface area contributed by atoms with Crippen LogP contribution in [0.15, 0.2) is 48.5 Å². The number of carbonyl (C=O) groups excluding carboxylic acids is 1. The van der Waals surface area contributed by atoms with Crippen LogP contribution in [0.1, 0.15) is 34.1 Å². The van der Waals surface area contributed by atoms with E-state index in [1.807, 2.05) is 36.4 Å². The van der Waals surface area contributed by atoms with E-state index in [2.05, 4.69) is 27.4 Å². The first-order chi connectivity index (χ1) is 11.2. The Labute approximate surface area is 133 Å². The van der Waals surface area contributed by atoms with Gasteiger partial charge >= 0.3 is 0 Å². The van der Waals surface area contributed by atoms with E-state index in [1.54, 1.807) is 0 Å². The summed E-state index contributed by atoms with van der Waals surface area (Å²) in [6, 6.07) is 15.6. The third-order valence-electron chi connectivity index (χ3n) is 4.25. The molecule has 1 amide bonds. The predicted molar refractivity (Wildman–Crippen MR) is 88.9 cm³/mol. The number of anilines is 1. The minimum atomic E-state index is -0.276. The molecule has 0 saturated carbocycles. The van der Waals surface area contributed by atoms with Crippen LogP contribution < -0.4 is 11.1 Å². The van der Waals surface area contributed by atoms with Crippen molar-refractivity contribution in [1.29, 1.82) is 0 Å². The minimum Gasteiger partial charge on any atom is -0.382 e. The highest BCUT2D eigenvalue weighted by molar-refractivity contribution is 5.98. The van der Waals surface area contributed by atoms with Crippen LogP contribution in [0.25, 0.3) is 11.0 Å². The molecule has 0 radical (unpaired) electrons. The second-order valence-electron chi connectivity index (χ2n) is 5.71. The summed E-state index contributed by atoms with van der Waals surface area (Å²) in [6.07, 6.45) is 1.87. The SMILES string of the molecule is Nc1nc2ccccc2nc1C(=O)NC1CCc2ccccc21. The summed E-state index contributed by atoms with van der Waals surface area (Å²) in [5.41, 5.74) is 9.92. The number of carbonyl (C=O) groups is 1. The molecular formula is C18H16N4O. The fraction of sp³-hybridized carbons (Fsp3) is 0.167. The van der Waals surface area contributed by atoms with Gasteiger partial charge in [-0.25, -0.2) is 9.97 Å². The predicted octanol–water partition coefficient (Wildman–Crippen LogP) is 2.63. The lowest BCUT2D eigenvalue weighted by molar-refractivity contribution is 0.0932. The Bertz CT molecular complexity index is 906. The number of benzene rings is 2. The number of aromatic nitrogens is 2. The molecule has 1 aromatic heterocycles. The van der Waals surface area contributed by atoms with Crippen LogP contribution in [0.5, 0.6) is 0 Å². The maximum atomic E-state index is 12.6. The molecule has 3 N–H and O–H groups in total. The Hall–Kier alpha value is -2.95. The van der Waals surface area contributed by atoms with Crippen molar-refractivity contribution in [3.8, 4) is 0 Å². The molecule has 23 heavy (non-hydrogen) atoms. The van der Waals surface area contributed by atoms with Gasteiger partial charge in [-0.15, -0.1) is 0 Å². The van der Waals surface area contributed by atoms with Crippen molar-refractivity contribution in [1.82, 2.24) is 15.3 Å². The summed E-state index contributed by atoms with van der Waals surface area (Å²) < 4.78 is 0. The van der Waals surface area contributed by atoms with Crippen molar-refractivity contribution in [2.75, 3.05) is 5.73 Å². The van der Waals surface area contributed by atoms with E-state index in [9.17, 15) is 4.79 Å². The zero-order valence-electron chi connectivity index (χ0n) is 12.5. The van der Waals surface area contributed by atoms with Crippen molar-refractivity contribution in [3.05, 3.63) is 65.4 Å². The number of hydrogen-bond donors (Lipinski definition) is 2. The van der Waals surface area contributed by atoms with Crippen LogP contribution in [0.2, 0.25) is 0 Å². The zero-order valence-corrected chi connectivity index (χ0v) is 12.5. The number of nitrogens with one attached hydrogen (secondary N) is 1. The zero-order chi connectivity index (χ0) is 15.8. The van der Waals surface area contributed by atoms with Gasteiger partial charge in [-0.2, -0.15) is 0 Å². The van der Waals surface area contributed by atoms with Crippen LogP contribution >= 0.6 is 0 Å². The minimum absolute atomic E-state index is 0.00590. The maximum absolute atomic E-state index is 12.6. The van der Waals surface area contributed by atoms with Gasteiger partial charge in [-0.3, -0.25) is 4.79 Å². The van der Waals surface area contributed by atoms with E-state index in [0.717, 1.165) is 12.8 Å². The number of nitrogen functional groups attached to an aromatic ring is 1. The number of nitrogens with zero attached hydrogens (tertiary/aromatic N) is 2. The number of aryl methyl sites for hydroxylation is 1. The molecule has 0 aliphatic heterocycles. The highest BCUT2D eigenvalue weighted by Crippen LogP contribution is 2.31. The van der Waals surface area contributed by atoms with Crippen molar-refractivity contribution in [3.63, 3.8) is 0 Å². The fourth-order valence-electron chi connectivity index (χ4n) is 3.11. The standard InChI is InChI=1S/C18H16N4O/c19-17-16(20-14-7-3-4-8-15(14)21-17)18(23)22-13-10-9-11-5-1-2-6-12(11)13/h1-8,13H,9-10H2,(H2,19,21)(H,22,23). The van der Waals surface area contributed by atoms with Gasteiger partial charge < -0.3 is 11.1 Å². The van der Waals surface area contributed by atoms with E-state index >= 15 is 0 Å². The van der Waals surface area contributed by atoms with E-state index in [4.69, 9.17) is 5.73 Å². The molecule has 1 aliphatic rings. The Balaban J connectivity index is 1.64. The lowest BCUT2D eigenvalue weighted by Gasteiger charge is -2.14. The second kappa shape index (κ2) is 5.35. The summed E-state index contributed by atoms with van der Waals surface area (Å²) in [5.74, 6) is -0.116. The third-order valence-corrected chi connectivity index (χ3v) is 4.25. The smallest absolute Gasteiger partial charge is 0.274 e. The molecule has 1 atom stereocenters. The maximum Gasteiger partial charge on any atom is 0.274 e. The van der Waals surface area contributed by atoms with Crippen LogP contribution in [0.4, 0.5) is 5.82 Å². The van der Waals surface area contributed by atoms with Gasteiger partial charge in [-0.1, -0.05) is 36.4 Å². The average molecular weight is 304 g/mol. The van der Waals surface area contributed by atoms with Gasteiger partial charge in [0.25, 0.3) is 5.91 Å². The topological polar surface area (TPSA) is 80.9 Å². The summed E-state index contributed by atoms with van der Waals surface area (Å²) in [4.78, 5) is 21.2. The first kappa shape index (κ1) is 13.7. The second-order valence-corrected chi connectivity index (χ2v) is 5.71. The molecule has 0 bridgehead atoms. The Morgan fingerprint density at radius 3 is 2.57 bits per heavy atom. The molecule has 0 saturated heterocycles. The van der Waals surface area contributed by atoms with E-state index < -0.39 is 0 Å². The molecule has 3 aromatic rings. The van der Waals surface area contributed by atoms with Gasteiger partial charge in [0, 0.05) is 0 Å². The van der Waals surface area contributed by atoms with Crippen LogP contribution in [0, 0.1) is 0 Å². The lowest BCUT2D eigenvalue weighted by atomic mass is 10.1. The third kappa shape index (κ3) is 2.40. The summed E-state index contributed by atoms with van der Waals surface area (Å²) in [7, 11) is 0. The molecule has 1 aliphatic carbocycles. The molecular weight excluding hydrogens is 288 g/mol. The number of fused-ring (bicyclic) bond motifs is 2. The summed E-state index contributed by atoms with van der Waals surface area (Å²) in [6.45, 7) is 0. The van der Waals surface area contributed by atoms with Crippen LogP contribution in [-0.4, -0.2) is 15.9 Å². The molecule has 2 aromatic carbocycles. The summed E-state index contributed by atoms with van der Waals surface area (Å²) >= 11 is 0. The monoisotopic (exact) mass is 304 g/mol. The summed E-state index contributed by atoms with van der Waals surface area (Å²) in [5, 5.41) is 3.04. The van der Waals surface area contributed by atoms with E-state index in [-0.39, 0.29) is 23.5 Å². The van der Waals surface area contributed by atoms with Crippen LogP contribution in [-0.2, 0) is 6.42 Å². The molecule has 4 rings (SSSR count). The van der Waals surface area contributed by atoms with E-state index in [1.165, 1.54) is 11.1 Å². The van der Waals surface area contributed by atoms with Crippen LogP contribution in [0.3, 0.4) is 0 Å². The highest BCUT2D eigenvalue weighted by atomic mass is 16.2. The first-order valence-corrected chi connectivity index (χ1v) is 7.63. The Morgan fingerprint density at radius 1 is 1.04 bits per heavy atom. The van der Waals surface area contributed by atoms with Gasteiger partial charge in [-0.05, 0) is 36.1 Å². The molecule has 0 fully saturated rings. The molecule has 0 spiro atoms. The Kier molecular flexibility index (Phi) is 3.19. The number of hydrogen-bond acceptors (Lipinski definition) is 4. The molecule has 1 heterocycles. The molecule has 5 heteroatoms. The van der Waals surface area contributed by atoms with Gasteiger partial charge in [0.15, 0.2) is 11.5 Å². The number of nitrogens with two attached hydrogens (primary N) is 1.